The molecule has 4 heteroatoms. The Bertz CT molecular complexity index is 174. The lowest BCUT2D eigenvalue weighted by atomic mass is 10.4. The summed E-state index contributed by atoms with van der Waals surface area (Å²) in [5.74, 6) is 8.00. The Hall–Kier alpha value is -0.280. The minimum absolute atomic E-state index is 0.678. The molecule has 0 saturated heterocycles. The van der Waals surface area contributed by atoms with Crippen LogP contribution in [0.2, 0.25) is 10.0 Å². The minimum atomic E-state index is 0.678. The van der Waals surface area contributed by atoms with Gasteiger partial charge < -0.3 is 0 Å². The van der Waals surface area contributed by atoms with Crippen LogP contribution in [0.25, 0.3) is 0 Å². The first-order chi connectivity index (χ1) is 4.79. The van der Waals surface area contributed by atoms with E-state index in [4.69, 9.17) is 23.2 Å². The average Bonchev–Trinajstić information content (AvgIpc) is 1.91. The van der Waals surface area contributed by atoms with E-state index in [0.29, 0.717) is 10.0 Å². The van der Waals surface area contributed by atoms with Gasteiger partial charge in [-0.2, -0.15) is 0 Å². The van der Waals surface area contributed by atoms with Crippen LogP contribution in [0.15, 0.2) is 24.3 Å². The van der Waals surface area contributed by atoms with Crippen molar-refractivity contribution in [2.45, 2.75) is 0 Å². The maximum Gasteiger partial charge on any atom is 0.0420 e. The standard InChI is InChI=1S/C6H4Cl2.H4N2/c7-5-2-1-3-6(8)4-5;1-2/h1-4H;1-2H2. The summed E-state index contributed by atoms with van der Waals surface area (Å²) < 4.78 is 0. The molecule has 0 atom stereocenters. The van der Waals surface area contributed by atoms with E-state index < -0.39 is 0 Å². The molecule has 0 fully saturated rings. The molecule has 0 bridgehead atoms. The Kier molecular flexibility index (Phi) is 5.35. The summed E-state index contributed by atoms with van der Waals surface area (Å²) in [6.07, 6.45) is 0. The quantitative estimate of drug-likeness (QED) is 0.471. The molecule has 10 heavy (non-hydrogen) atoms. The molecule has 1 aromatic carbocycles. The third-order valence-corrected chi connectivity index (χ3v) is 1.26. The number of halogens is 2. The Labute approximate surface area is 69.7 Å². The number of benzene rings is 1. The van der Waals surface area contributed by atoms with Crippen molar-refractivity contribution in [1.29, 1.82) is 0 Å². The lowest BCUT2D eigenvalue weighted by Gasteiger charge is -1.86. The highest BCUT2D eigenvalue weighted by atomic mass is 35.5. The number of hydrogen-bond donors (Lipinski definition) is 2. The molecule has 0 aliphatic heterocycles. The maximum atomic E-state index is 5.56. The van der Waals surface area contributed by atoms with E-state index in [1.54, 1.807) is 18.2 Å². The molecular formula is C6H8Cl2N2. The summed E-state index contributed by atoms with van der Waals surface area (Å²) in [6.45, 7) is 0. The van der Waals surface area contributed by atoms with Crippen molar-refractivity contribution in [3.8, 4) is 0 Å². The fourth-order valence-corrected chi connectivity index (χ4v) is 0.896. The summed E-state index contributed by atoms with van der Waals surface area (Å²) in [6, 6.07) is 7.08. The fraction of sp³-hybridized carbons (Fsp3) is 0. The van der Waals surface area contributed by atoms with Gasteiger partial charge in [0.1, 0.15) is 0 Å². The van der Waals surface area contributed by atoms with Crippen molar-refractivity contribution in [2.75, 3.05) is 0 Å². The highest BCUT2D eigenvalue weighted by molar-refractivity contribution is 6.34. The van der Waals surface area contributed by atoms with Crippen LogP contribution < -0.4 is 11.7 Å². The average molecular weight is 179 g/mol. The van der Waals surface area contributed by atoms with Gasteiger partial charge in [-0.25, -0.2) is 0 Å². The zero-order valence-corrected chi connectivity index (χ0v) is 6.73. The van der Waals surface area contributed by atoms with Crippen molar-refractivity contribution in [3.05, 3.63) is 34.3 Å². The number of hydrazine groups is 1. The number of hydrogen-bond acceptors (Lipinski definition) is 2. The summed E-state index contributed by atoms with van der Waals surface area (Å²) in [5.41, 5.74) is 0. The second-order valence-corrected chi connectivity index (χ2v) is 2.31. The van der Waals surface area contributed by atoms with Crippen LogP contribution >= 0.6 is 23.2 Å². The molecule has 0 amide bonds. The second kappa shape index (κ2) is 5.50. The molecule has 0 radical (unpaired) electrons. The van der Waals surface area contributed by atoms with Crippen molar-refractivity contribution in [3.63, 3.8) is 0 Å². The predicted octanol–water partition coefficient (Wildman–Crippen LogP) is 1.81. The van der Waals surface area contributed by atoms with Gasteiger partial charge in [0.05, 0.1) is 0 Å². The van der Waals surface area contributed by atoms with E-state index in [1.807, 2.05) is 6.07 Å². The molecule has 4 N–H and O–H groups in total. The zero-order valence-electron chi connectivity index (χ0n) is 5.22. The Morgan fingerprint density at radius 3 is 1.60 bits per heavy atom. The molecule has 0 aliphatic carbocycles. The number of nitrogens with two attached hydrogens (primary N) is 2. The smallest absolute Gasteiger partial charge is 0.0420 e. The molecule has 0 unspecified atom stereocenters. The zero-order chi connectivity index (χ0) is 7.98. The number of rotatable bonds is 0. The lowest BCUT2D eigenvalue weighted by molar-refractivity contribution is 1.26. The molecule has 1 aromatic rings. The first-order valence-electron chi connectivity index (χ1n) is 2.53. The van der Waals surface area contributed by atoms with E-state index in [2.05, 4.69) is 11.7 Å². The van der Waals surface area contributed by atoms with Gasteiger partial charge in [0, 0.05) is 10.0 Å². The fourth-order valence-electron chi connectivity index (χ4n) is 0.460. The van der Waals surface area contributed by atoms with E-state index in [-0.39, 0.29) is 0 Å². The van der Waals surface area contributed by atoms with Gasteiger partial charge in [0.2, 0.25) is 0 Å². The molecule has 56 valence electrons. The van der Waals surface area contributed by atoms with E-state index in [0.717, 1.165) is 0 Å². The monoisotopic (exact) mass is 178 g/mol. The molecule has 0 spiro atoms. The van der Waals surface area contributed by atoms with Crippen molar-refractivity contribution in [1.82, 2.24) is 0 Å². The lowest BCUT2D eigenvalue weighted by Crippen LogP contribution is -2.02. The summed E-state index contributed by atoms with van der Waals surface area (Å²) in [4.78, 5) is 0. The molecule has 0 aromatic heterocycles. The second-order valence-electron chi connectivity index (χ2n) is 1.44. The summed E-state index contributed by atoms with van der Waals surface area (Å²) in [5, 5.41) is 1.36. The predicted molar refractivity (Wildman–Crippen MR) is 44.8 cm³/mol. The first kappa shape index (κ1) is 9.72. The molecule has 0 heterocycles. The van der Waals surface area contributed by atoms with Gasteiger partial charge in [-0.3, -0.25) is 11.7 Å². The molecule has 0 saturated carbocycles. The van der Waals surface area contributed by atoms with Gasteiger partial charge >= 0.3 is 0 Å². The topological polar surface area (TPSA) is 52.0 Å². The molecule has 1 rings (SSSR count). The van der Waals surface area contributed by atoms with E-state index >= 15 is 0 Å². The van der Waals surface area contributed by atoms with Crippen LogP contribution in [0, 0.1) is 0 Å². The normalized spacial score (nSPS) is 8.00. The van der Waals surface area contributed by atoms with Crippen LogP contribution in [0.5, 0.6) is 0 Å². The Morgan fingerprint density at radius 2 is 1.40 bits per heavy atom. The van der Waals surface area contributed by atoms with E-state index in [9.17, 15) is 0 Å². The molecular weight excluding hydrogens is 171 g/mol. The highest BCUT2D eigenvalue weighted by Gasteiger charge is 1.84. The van der Waals surface area contributed by atoms with Crippen LogP contribution in [-0.4, -0.2) is 0 Å². The summed E-state index contributed by atoms with van der Waals surface area (Å²) in [7, 11) is 0. The van der Waals surface area contributed by atoms with Gasteiger partial charge in [-0.15, -0.1) is 0 Å². The largest absolute Gasteiger partial charge is 0.274 e. The van der Waals surface area contributed by atoms with Gasteiger partial charge in [-0.1, -0.05) is 29.3 Å². The van der Waals surface area contributed by atoms with Crippen molar-refractivity contribution in [2.24, 2.45) is 11.7 Å². The van der Waals surface area contributed by atoms with Gasteiger partial charge in [-0.05, 0) is 18.2 Å². The first-order valence-corrected chi connectivity index (χ1v) is 3.29. The van der Waals surface area contributed by atoms with Crippen LogP contribution in [0.3, 0.4) is 0 Å². The third kappa shape index (κ3) is 3.69. The molecule has 0 aliphatic rings. The van der Waals surface area contributed by atoms with Gasteiger partial charge in [0.15, 0.2) is 0 Å². The Balaban J connectivity index is 0.000000371. The molecule has 2 nitrogen and oxygen atoms in total. The minimum Gasteiger partial charge on any atom is -0.274 e. The van der Waals surface area contributed by atoms with Crippen LogP contribution in [0.1, 0.15) is 0 Å². The third-order valence-electron chi connectivity index (χ3n) is 0.787. The van der Waals surface area contributed by atoms with Crippen LogP contribution in [0.4, 0.5) is 0 Å². The van der Waals surface area contributed by atoms with Gasteiger partial charge in [0.25, 0.3) is 0 Å². The van der Waals surface area contributed by atoms with Crippen molar-refractivity contribution >= 4 is 23.2 Å². The van der Waals surface area contributed by atoms with Crippen LogP contribution in [-0.2, 0) is 0 Å². The SMILES string of the molecule is Clc1cccc(Cl)c1.NN. The maximum absolute atomic E-state index is 5.56. The highest BCUT2D eigenvalue weighted by Crippen LogP contribution is 2.13. The van der Waals surface area contributed by atoms with E-state index in [1.165, 1.54) is 0 Å². The Morgan fingerprint density at radius 1 is 1.00 bits per heavy atom. The summed E-state index contributed by atoms with van der Waals surface area (Å²) >= 11 is 11.1. The van der Waals surface area contributed by atoms with Crippen molar-refractivity contribution < 1.29 is 0 Å².